The highest BCUT2D eigenvalue weighted by molar-refractivity contribution is 5.77. The summed E-state index contributed by atoms with van der Waals surface area (Å²) >= 11 is 0. The third-order valence-electron chi connectivity index (χ3n) is 5.15. The molecule has 1 unspecified atom stereocenters. The Bertz CT molecular complexity index is 1020. The second kappa shape index (κ2) is 11.1. The van der Waals surface area contributed by atoms with Crippen LogP contribution in [0, 0.1) is 10.1 Å². The number of carbonyl (C=O) groups is 1. The first-order chi connectivity index (χ1) is 15.5. The zero-order valence-corrected chi connectivity index (χ0v) is 18.1. The van der Waals surface area contributed by atoms with Crippen LogP contribution in [0.1, 0.15) is 31.7 Å². The number of ether oxygens (including phenoxy) is 1. The maximum atomic E-state index is 12.7. The number of hydrogen-bond donors (Lipinski definition) is 0. The van der Waals surface area contributed by atoms with Gasteiger partial charge < -0.3 is 14.2 Å². The molecule has 3 aromatic rings. The van der Waals surface area contributed by atoms with Gasteiger partial charge in [0.1, 0.15) is 6.61 Å². The van der Waals surface area contributed by atoms with Gasteiger partial charge in [0, 0.05) is 36.7 Å². The van der Waals surface area contributed by atoms with Crippen molar-refractivity contribution >= 4 is 11.6 Å². The van der Waals surface area contributed by atoms with Gasteiger partial charge in [-0.2, -0.15) is 4.98 Å². The molecule has 0 spiro atoms. The van der Waals surface area contributed by atoms with Gasteiger partial charge >= 0.3 is 0 Å². The van der Waals surface area contributed by atoms with E-state index in [1.165, 1.54) is 12.1 Å². The van der Waals surface area contributed by atoms with E-state index in [1.807, 2.05) is 44.2 Å². The summed E-state index contributed by atoms with van der Waals surface area (Å²) in [6.07, 6.45) is 1.21. The molecule has 0 aliphatic carbocycles. The molecule has 0 N–H and O–H groups in total. The Kier molecular flexibility index (Phi) is 8.04. The lowest BCUT2D eigenvalue weighted by Crippen LogP contribution is -2.41. The summed E-state index contributed by atoms with van der Waals surface area (Å²) in [7, 11) is 0. The molecule has 0 fully saturated rings. The minimum Gasteiger partial charge on any atom is -0.367 e. The lowest BCUT2D eigenvalue weighted by Gasteiger charge is -2.28. The first kappa shape index (κ1) is 23.1. The van der Waals surface area contributed by atoms with E-state index in [-0.39, 0.29) is 24.2 Å². The molecule has 9 heteroatoms. The molecule has 9 nitrogen and oxygen atoms in total. The Morgan fingerprint density at radius 3 is 2.56 bits per heavy atom. The van der Waals surface area contributed by atoms with Gasteiger partial charge in [0.2, 0.25) is 17.6 Å². The molecule has 0 saturated heterocycles. The van der Waals surface area contributed by atoms with Crippen LogP contribution < -0.4 is 0 Å². The van der Waals surface area contributed by atoms with E-state index < -0.39 is 4.92 Å². The Labute approximate surface area is 186 Å². The number of nitro groups is 1. The number of nitrogens with zero attached hydrogens (tertiary/aromatic N) is 4. The highest BCUT2D eigenvalue weighted by Crippen LogP contribution is 2.20. The topological polar surface area (TPSA) is 112 Å². The minimum absolute atomic E-state index is 0.00286. The molecule has 0 radical (unpaired) electrons. The summed E-state index contributed by atoms with van der Waals surface area (Å²) in [4.78, 5) is 29.2. The highest BCUT2D eigenvalue weighted by Gasteiger charge is 2.20. The fraction of sp³-hybridized carbons (Fsp3) is 0.348. The summed E-state index contributed by atoms with van der Waals surface area (Å²) < 4.78 is 10.9. The van der Waals surface area contributed by atoms with Crippen LogP contribution in [0.25, 0.3) is 11.4 Å². The summed E-state index contributed by atoms with van der Waals surface area (Å²) in [6.45, 7) is 4.81. The summed E-state index contributed by atoms with van der Waals surface area (Å²) in [6, 6.07) is 15.7. The Balaban J connectivity index is 1.57. The maximum Gasteiger partial charge on any atom is 0.269 e. The van der Waals surface area contributed by atoms with Crippen LogP contribution in [0.2, 0.25) is 0 Å². The van der Waals surface area contributed by atoms with E-state index in [0.717, 1.165) is 12.0 Å². The van der Waals surface area contributed by atoms with Gasteiger partial charge in [-0.15, -0.1) is 0 Å². The number of non-ortho nitro benzene ring substituents is 1. The van der Waals surface area contributed by atoms with Crippen LogP contribution in [-0.4, -0.2) is 45.1 Å². The van der Waals surface area contributed by atoms with Gasteiger partial charge in [-0.1, -0.05) is 42.4 Å². The van der Waals surface area contributed by atoms with Crippen LogP contribution in [0.15, 0.2) is 59.1 Å². The average molecular weight is 438 g/mol. The number of benzene rings is 2. The van der Waals surface area contributed by atoms with Crippen molar-refractivity contribution in [3.8, 4) is 11.4 Å². The molecule has 0 bridgehead atoms. The molecule has 1 heterocycles. The minimum atomic E-state index is -0.463. The van der Waals surface area contributed by atoms with Crippen LogP contribution in [0.4, 0.5) is 5.69 Å². The van der Waals surface area contributed by atoms with E-state index in [0.29, 0.717) is 36.9 Å². The van der Waals surface area contributed by atoms with Crippen molar-refractivity contribution in [2.75, 3.05) is 13.2 Å². The van der Waals surface area contributed by atoms with Gasteiger partial charge in [0.05, 0.1) is 11.5 Å². The van der Waals surface area contributed by atoms with Crippen LogP contribution in [0.5, 0.6) is 0 Å². The SMILES string of the molecule is CCC(C)N(CCc1nc(-c2ccc([N+](=O)[O-])cc2)no1)C(=O)COCc1ccccc1. The smallest absolute Gasteiger partial charge is 0.269 e. The van der Waals surface area contributed by atoms with Crippen molar-refractivity contribution in [1.29, 1.82) is 0 Å². The van der Waals surface area contributed by atoms with Crippen LogP contribution >= 0.6 is 0 Å². The second-order valence-electron chi connectivity index (χ2n) is 7.39. The molecule has 168 valence electrons. The maximum absolute atomic E-state index is 12.7. The molecular weight excluding hydrogens is 412 g/mol. The van der Waals surface area contributed by atoms with Gasteiger partial charge in [-0.3, -0.25) is 14.9 Å². The van der Waals surface area contributed by atoms with Gasteiger partial charge in [0.25, 0.3) is 5.69 Å². The highest BCUT2D eigenvalue weighted by atomic mass is 16.6. The standard InChI is InChI=1S/C23H26N4O5/c1-3-17(2)26(22(28)16-31-15-18-7-5-4-6-8-18)14-13-21-24-23(25-32-21)19-9-11-20(12-10-19)27(29)30/h4-12,17H,3,13-16H2,1-2H3. The van der Waals surface area contributed by atoms with E-state index in [2.05, 4.69) is 10.1 Å². The predicted octanol–water partition coefficient (Wildman–Crippen LogP) is 4.03. The van der Waals surface area contributed by atoms with Gasteiger partial charge in [-0.05, 0) is 31.0 Å². The van der Waals surface area contributed by atoms with E-state index in [1.54, 1.807) is 17.0 Å². The normalized spacial score (nSPS) is 11.8. The number of carbonyl (C=O) groups excluding carboxylic acids is 1. The molecule has 1 aromatic heterocycles. The molecule has 32 heavy (non-hydrogen) atoms. The third-order valence-corrected chi connectivity index (χ3v) is 5.15. The monoisotopic (exact) mass is 438 g/mol. The number of aromatic nitrogens is 2. The largest absolute Gasteiger partial charge is 0.367 e. The zero-order chi connectivity index (χ0) is 22.9. The fourth-order valence-corrected chi connectivity index (χ4v) is 3.15. The Morgan fingerprint density at radius 1 is 1.19 bits per heavy atom. The molecule has 1 atom stereocenters. The van der Waals surface area contributed by atoms with E-state index in [4.69, 9.17) is 9.26 Å². The molecule has 0 aliphatic heterocycles. The summed E-state index contributed by atoms with van der Waals surface area (Å²) in [5, 5.41) is 14.7. The Morgan fingerprint density at radius 2 is 1.91 bits per heavy atom. The van der Waals surface area contributed by atoms with Gasteiger partial charge in [0.15, 0.2) is 0 Å². The lowest BCUT2D eigenvalue weighted by molar-refractivity contribution is -0.384. The van der Waals surface area contributed by atoms with Crippen molar-refractivity contribution in [2.24, 2.45) is 0 Å². The lowest BCUT2D eigenvalue weighted by atomic mass is 10.2. The fourth-order valence-electron chi connectivity index (χ4n) is 3.15. The van der Waals surface area contributed by atoms with E-state index >= 15 is 0 Å². The molecule has 0 aliphatic rings. The molecule has 3 rings (SSSR count). The second-order valence-corrected chi connectivity index (χ2v) is 7.39. The first-order valence-electron chi connectivity index (χ1n) is 10.5. The van der Waals surface area contributed by atoms with Crippen molar-refractivity contribution in [1.82, 2.24) is 15.0 Å². The van der Waals surface area contributed by atoms with Crippen molar-refractivity contribution < 1.29 is 19.0 Å². The van der Waals surface area contributed by atoms with Gasteiger partial charge in [-0.25, -0.2) is 0 Å². The molecular formula is C23H26N4O5. The number of hydrogen-bond acceptors (Lipinski definition) is 7. The number of rotatable bonds is 11. The average Bonchev–Trinajstić information content (AvgIpc) is 3.28. The van der Waals surface area contributed by atoms with Crippen molar-refractivity contribution in [2.45, 2.75) is 39.3 Å². The molecule has 0 saturated carbocycles. The summed E-state index contributed by atoms with van der Waals surface area (Å²) in [5.41, 5.74) is 1.63. The van der Waals surface area contributed by atoms with Crippen LogP contribution in [-0.2, 0) is 22.6 Å². The Hall–Kier alpha value is -3.59. The number of amides is 1. The number of nitro benzene ring substituents is 1. The predicted molar refractivity (Wildman–Crippen MR) is 118 cm³/mol. The van der Waals surface area contributed by atoms with E-state index in [9.17, 15) is 14.9 Å². The summed E-state index contributed by atoms with van der Waals surface area (Å²) in [5.74, 6) is 0.651. The zero-order valence-electron chi connectivity index (χ0n) is 18.1. The van der Waals surface area contributed by atoms with Crippen LogP contribution in [0.3, 0.4) is 0 Å². The molecule has 2 aromatic carbocycles. The third kappa shape index (κ3) is 6.21. The molecule has 1 amide bonds. The first-order valence-corrected chi connectivity index (χ1v) is 10.5. The quantitative estimate of drug-likeness (QED) is 0.328. The van der Waals surface area contributed by atoms with Crippen molar-refractivity contribution in [3.05, 3.63) is 76.2 Å². The van der Waals surface area contributed by atoms with Crippen molar-refractivity contribution in [3.63, 3.8) is 0 Å².